The van der Waals surface area contributed by atoms with Crippen LogP contribution in [0.1, 0.15) is 35.1 Å². The predicted molar refractivity (Wildman–Crippen MR) is 178 cm³/mol. The quantitative estimate of drug-likeness (QED) is 0.0589. The number of nitro groups is 2. The summed E-state index contributed by atoms with van der Waals surface area (Å²) in [6.07, 6.45) is -10.3. The second-order valence-corrected chi connectivity index (χ2v) is 11.8. The zero-order valence-electron chi connectivity index (χ0n) is 27.1. The van der Waals surface area contributed by atoms with E-state index >= 15 is 0 Å². The minimum Gasteiger partial charge on any atom is -0.485 e. The van der Waals surface area contributed by atoms with E-state index in [0.29, 0.717) is 24.3 Å². The van der Waals surface area contributed by atoms with Gasteiger partial charge in [0.15, 0.2) is 0 Å². The molecule has 0 amide bonds. The summed E-state index contributed by atoms with van der Waals surface area (Å²) in [5, 5.41) is 41.5. The van der Waals surface area contributed by atoms with Crippen LogP contribution in [0, 0.1) is 56.7 Å². The number of nitriles is 2. The maximum atomic E-state index is 13.7. The summed E-state index contributed by atoms with van der Waals surface area (Å²) in [7, 11) is 0. The lowest BCUT2D eigenvalue weighted by atomic mass is 9.94. The van der Waals surface area contributed by atoms with Gasteiger partial charge in [-0.15, -0.1) is 0 Å². The van der Waals surface area contributed by atoms with Gasteiger partial charge >= 0.3 is 23.7 Å². The Balaban J connectivity index is 2.15. The first kappa shape index (κ1) is 40.0. The van der Waals surface area contributed by atoms with E-state index in [4.69, 9.17) is 47.9 Å². The molecule has 4 aromatic rings. The highest BCUT2D eigenvalue weighted by Crippen LogP contribution is 2.54. The number of alkyl halides is 6. The molecule has 0 aliphatic carbocycles. The van der Waals surface area contributed by atoms with Crippen LogP contribution < -0.4 is 14.2 Å². The molecule has 0 saturated heterocycles. The van der Waals surface area contributed by atoms with Crippen molar-refractivity contribution in [2.75, 3.05) is 13.2 Å². The molecule has 0 aliphatic heterocycles. The Kier molecular flexibility index (Phi) is 12.0. The number of halogens is 8. The van der Waals surface area contributed by atoms with Gasteiger partial charge in [0.25, 0.3) is 0 Å². The van der Waals surface area contributed by atoms with Gasteiger partial charge in [0.05, 0.1) is 57.1 Å². The van der Waals surface area contributed by atoms with Crippen LogP contribution in [-0.4, -0.2) is 23.1 Å². The SMILES string of the molecule is Cc1cc(C(F)(F)F)cc(Cl)c1-c1c(Oc2ccc([N+](=O)[O-])c(OCCC#N)c2-c2c(C)cc(C(F)(F)F)cc2Cl)ccc([N+](=O)[O-])c1OCCC#N. The summed E-state index contributed by atoms with van der Waals surface area (Å²) in [5.74, 6) is -1.95. The van der Waals surface area contributed by atoms with Crippen molar-refractivity contribution in [2.45, 2.75) is 39.0 Å². The van der Waals surface area contributed by atoms with E-state index in [1.807, 2.05) is 0 Å². The first-order chi connectivity index (χ1) is 24.8. The molecule has 0 atom stereocenters. The number of hydrogen-bond acceptors (Lipinski definition) is 9. The molecule has 0 radical (unpaired) electrons. The lowest BCUT2D eigenvalue weighted by Gasteiger charge is -2.22. The molecular weight excluding hydrogens is 761 g/mol. The van der Waals surface area contributed by atoms with Gasteiger partial charge in [0.2, 0.25) is 11.5 Å². The number of ether oxygens (including phenoxy) is 3. The van der Waals surface area contributed by atoms with Gasteiger partial charge < -0.3 is 14.2 Å². The van der Waals surface area contributed by atoms with E-state index in [1.54, 1.807) is 12.1 Å². The first-order valence-corrected chi connectivity index (χ1v) is 15.6. The molecule has 0 unspecified atom stereocenters. The molecule has 0 saturated carbocycles. The van der Waals surface area contributed by atoms with Crippen molar-refractivity contribution in [1.29, 1.82) is 10.5 Å². The zero-order chi connectivity index (χ0) is 39.4. The summed E-state index contributed by atoms with van der Waals surface area (Å²) in [5.41, 5.74) is -5.29. The Bertz CT molecular complexity index is 2000. The average molecular weight is 783 g/mol. The third-order valence-electron chi connectivity index (χ3n) is 7.46. The van der Waals surface area contributed by atoms with E-state index in [-0.39, 0.29) is 46.2 Å². The molecule has 4 aromatic carbocycles. The Morgan fingerprint density at radius 3 is 1.30 bits per heavy atom. The zero-order valence-corrected chi connectivity index (χ0v) is 28.6. The number of nitrogens with zero attached hydrogens (tertiary/aromatic N) is 4. The van der Waals surface area contributed by atoms with Gasteiger partial charge in [-0.25, -0.2) is 0 Å². The van der Waals surface area contributed by atoms with Gasteiger partial charge in [-0.3, -0.25) is 20.2 Å². The highest BCUT2D eigenvalue weighted by molar-refractivity contribution is 6.34. The van der Waals surface area contributed by atoms with Crippen molar-refractivity contribution in [1.82, 2.24) is 0 Å². The molecule has 53 heavy (non-hydrogen) atoms. The van der Waals surface area contributed by atoms with Gasteiger partial charge in [-0.05, 0) is 61.4 Å². The van der Waals surface area contributed by atoms with Crippen molar-refractivity contribution in [3.63, 3.8) is 0 Å². The van der Waals surface area contributed by atoms with Crippen molar-refractivity contribution in [2.24, 2.45) is 0 Å². The smallest absolute Gasteiger partial charge is 0.416 e. The minimum absolute atomic E-state index is 0.161. The molecule has 0 N–H and O–H groups in total. The largest absolute Gasteiger partial charge is 0.485 e. The number of hydrogen-bond donors (Lipinski definition) is 0. The number of benzene rings is 4. The van der Waals surface area contributed by atoms with E-state index in [2.05, 4.69) is 0 Å². The Morgan fingerprint density at radius 2 is 1.02 bits per heavy atom. The maximum absolute atomic E-state index is 13.7. The van der Waals surface area contributed by atoms with E-state index in [1.165, 1.54) is 13.8 Å². The highest BCUT2D eigenvalue weighted by Gasteiger charge is 2.36. The first-order valence-electron chi connectivity index (χ1n) is 14.9. The van der Waals surface area contributed by atoms with E-state index in [9.17, 15) is 46.6 Å². The summed E-state index contributed by atoms with van der Waals surface area (Å²) < 4.78 is 99.9. The fourth-order valence-electron chi connectivity index (χ4n) is 5.30. The standard InChI is InChI=1S/C34H22Cl2F6N4O7/c1-17-13-19(33(37,38)39)15-21(35)27(17)29-25(7-5-23(45(47)48)31(29)51-11-3-9-43)53-26-8-6-24(46(49)50)32(52-12-4-10-44)30(26)28-18(2)14-20(16-22(28)36)34(40,41)42/h5-8,13-16H,3-4,11-12H2,1-2H3. The van der Waals surface area contributed by atoms with Gasteiger partial charge in [0.1, 0.15) is 24.7 Å². The van der Waals surface area contributed by atoms with Crippen LogP contribution in [0.15, 0.2) is 48.5 Å². The molecule has 0 heterocycles. The van der Waals surface area contributed by atoms with Gasteiger partial charge in [-0.1, -0.05) is 23.2 Å². The lowest BCUT2D eigenvalue weighted by molar-refractivity contribution is -0.385. The molecule has 4 rings (SSSR count). The molecule has 0 aliphatic rings. The van der Waals surface area contributed by atoms with Crippen LogP contribution >= 0.6 is 23.2 Å². The lowest BCUT2D eigenvalue weighted by Crippen LogP contribution is -2.08. The van der Waals surface area contributed by atoms with Crippen molar-refractivity contribution < 1.29 is 50.4 Å². The normalized spacial score (nSPS) is 11.4. The second kappa shape index (κ2) is 15.9. The molecule has 276 valence electrons. The number of nitro benzene ring substituents is 2. The monoisotopic (exact) mass is 782 g/mol. The maximum Gasteiger partial charge on any atom is 0.416 e. The van der Waals surface area contributed by atoms with Crippen LogP contribution in [0.2, 0.25) is 10.0 Å². The Hall–Kier alpha value is -5.78. The third-order valence-corrected chi connectivity index (χ3v) is 8.06. The molecular formula is C34H22Cl2F6N4O7. The predicted octanol–water partition coefficient (Wildman–Crippen LogP) is 11.2. The summed E-state index contributed by atoms with van der Waals surface area (Å²) in [4.78, 5) is 22.6. The topological polar surface area (TPSA) is 162 Å². The van der Waals surface area contributed by atoms with Gasteiger partial charge in [-0.2, -0.15) is 36.9 Å². The molecule has 0 aromatic heterocycles. The highest BCUT2D eigenvalue weighted by atomic mass is 35.5. The second-order valence-electron chi connectivity index (χ2n) is 11.0. The summed E-state index contributed by atoms with van der Waals surface area (Å²) in [6.45, 7) is 1.57. The fourth-order valence-corrected chi connectivity index (χ4v) is 6.02. The average Bonchev–Trinajstić information content (AvgIpc) is 3.05. The number of aryl methyl sites for hydroxylation is 2. The Labute approximate surface area is 305 Å². The van der Waals surface area contributed by atoms with Crippen molar-refractivity contribution in [3.05, 3.63) is 101 Å². The van der Waals surface area contributed by atoms with Crippen LogP contribution in [0.3, 0.4) is 0 Å². The van der Waals surface area contributed by atoms with E-state index < -0.39 is 91.0 Å². The molecule has 0 bridgehead atoms. The third kappa shape index (κ3) is 8.65. The summed E-state index contributed by atoms with van der Waals surface area (Å²) in [6, 6.07) is 10.0. The van der Waals surface area contributed by atoms with Crippen molar-refractivity contribution in [3.8, 4) is 57.4 Å². The van der Waals surface area contributed by atoms with Gasteiger partial charge in [0, 0.05) is 33.3 Å². The minimum atomic E-state index is -4.85. The van der Waals surface area contributed by atoms with Crippen LogP contribution in [-0.2, 0) is 12.4 Å². The Morgan fingerprint density at radius 1 is 0.660 bits per heavy atom. The fraction of sp³-hybridized carbons (Fsp3) is 0.235. The molecule has 0 spiro atoms. The van der Waals surface area contributed by atoms with Crippen LogP contribution in [0.25, 0.3) is 22.3 Å². The molecule has 11 nitrogen and oxygen atoms in total. The van der Waals surface area contributed by atoms with Crippen LogP contribution in [0.4, 0.5) is 37.7 Å². The number of rotatable bonds is 12. The summed E-state index contributed by atoms with van der Waals surface area (Å²) >= 11 is 12.8. The molecule has 19 heteroatoms. The van der Waals surface area contributed by atoms with Crippen molar-refractivity contribution >= 4 is 34.6 Å². The van der Waals surface area contributed by atoms with E-state index in [0.717, 1.165) is 24.3 Å². The van der Waals surface area contributed by atoms with Crippen LogP contribution in [0.5, 0.6) is 23.0 Å². The molecule has 0 fully saturated rings.